The van der Waals surface area contributed by atoms with Gasteiger partial charge in [0.25, 0.3) is 11.8 Å². The van der Waals surface area contributed by atoms with Crippen LogP contribution >= 0.6 is 0 Å². The van der Waals surface area contributed by atoms with Gasteiger partial charge in [-0.15, -0.1) is 0 Å². The molecule has 0 spiro atoms. The minimum Gasteiger partial charge on any atom is -0.504 e. The summed E-state index contributed by atoms with van der Waals surface area (Å²) in [5.74, 6) is -0.705. The van der Waals surface area contributed by atoms with E-state index in [1.807, 2.05) is 0 Å². The smallest absolute Gasteiger partial charge is 0.261 e. The van der Waals surface area contributed by atoms with E-state index in [1.54, 1.807) is 48.5 Å². The maximum absolute atomic E-state index is 13.7. The van der Waals surface area contributed by atoms with Gasteiger partial charge in [-0.3, -0.25) is 19.3 Å². The quantitative estimate of drug-likeness (QED) is 0.356. The van der Waals surface area contributed by atoms with E-state index in [9.17, 15) is 19.5 Å². The molecule has 0 bridgehead atoms. The van der Waals surface area contributed by atoms with Gasteiger partial charge in [0.2, 0.25) is 11.7 Å². The van der Waals surface area contributed by atoms with Gasteiger partial charge in [-0.25, -0.2) is 0 Å². The predicted molar refractivity (Wildman–Crippen MR) is 136 cm³/mol. The topological polar surface area (TPSA) is 115 Å². The summed E-state index contributed by atoms with van der Waals surface area (Å²) >= 11 is 0. The molecule has 1 fully saturated rings. The van der Waals surface area contributed by atoms with Crippen LogP contribution in [0.15, 0.2) is 54.6 Å². The Labute approximate surface area is 218 Å². The highest BCUT2D eigenvalue weighted by atomic mass is 16.5. The van der Waals surface area contributed by atoms with E-state index in [-0.39, 0.29) is 24.0 Å². The van der Waals surface area contributed by atoms with Gasteiger partial charge in [0.1, 0.15) is 0 Å². The van der Waals surface area contributed by atoms with Crippen molar-refractivity contribution in [3.8, 4) is 28.7 Å². The molecule has 0 radical (unpaired) electrons. The van der Waals surface area contributed by atoms with Gasteiger partial charge in [0.15, 0.2) is 23.0 Å². The standard InChI is InChI=1S/C28H26N2O8/c1-35-21-10-9-15(11-20(21)31)24-19(14-29-26(32)17-7-5-6-8-18(17)27(29)33)28(34)30(24)16-12-22(36-2)25(38-4)23(13-16)37-3/h5-13,19,24,31H,14H2,1-4H3/t19-,24-/m0/s1. The first-order valence-corrected chi connectivity index (χ1v) is 11.8. The van der Waals surface area contributed by atoms with Crippen molar-refractivity contribution < 1.29 is 38.4 Å². The summed E-state index contributed by atoms with van der Waals surface area (Å²) in [5.41, 5.74) is 1.68. The molecule has 2 aliphatic rings. The molecule has 3 amide bonds. The Kier molecular flexibility index (Phi) is 6.31. The third-order valence-electron chi connectivity index (χ3n) is 6.94. The number of anilines is 1. The van der Waals surface area contributed by atoms with Crippen LogP contribution in [-0.4, -0.2) is 62.7 Å². The number of phenols is 1. The van der Waals surface area contributed by atoms with E-state index in [4.69, 9.17) is 18.9 Å². The Bertz CT molecular complexity index is 1390. The number of hydrogen-bond donors (Lipinski definition) is 1. The summed E-state index contributed by atoms with van der Waals surface area (Å²) in [5, 5.41) is 10.5. The fraction of sp³-hybridized carbons (Fsp3) is 0.250. The molecule has 5 rings (SSSR count). The monoisotopic (exact) mass is 518 g/mol. The molecule has 0 unspecified atom stereocenters. The molecule has 0 aromatic heterocycles. The van der Waals surface area contributed by atoms with E-state index in [1.165, 1.54) is 39.4 Å². The van der Waals surface area contributed by atoms with Gasteiger partial charge in [-0.2, -0.15) is 0 Å². The van der Waals surface area contributed by atoms with Crippen LogP contribution in [0, 0.1) is 5.92 Å². The van der Waals surface area contributed by atoms with Gasteiger partial charge < -0.3 is 29.0 Å². The Hall–Kier alpha value is -4.73. The lowest BCUT2D eigenvalue weighted by atomic mass is 9.81. The van der Waals surface area contributed by atoms with Crippen molar-refractivity contribution in [2.24, 2.45) is 5.92 Å². The molecule has 196 valence electrons. The Morgan fingerprint density at radius 2 is 1.34 bits per heavy atom. The number of ether oxygens (including phenoxy) is 4. The lowest BCUT2D eigenvalue weighted by molar-refractivity contribution is -0.130. The van der Waals surface area contributed by atoms with Gasteiger partial charge in [-0.1, -0.05) is 18.2 Å². The average Bonchev–Trinajstić information content (AvgIpc) is 3.18. The van der Waals surface area contributed by atoms with Crippen LogP contribution < -0.4 is 23.8 Å². The van der Waals surface area contributed by atoms with Crippen LogP contribution in [0.1, 0.15) is 32.3 Å². The van der Waals surface area contributed by atoms with Gasteiger partial charge in [0, 0.05) is 18.7 Å². The Morgan fingerprint density at radius 3 is 1.84 bits per heavy atom. The highest BCUT2D eigenvalue weighted by molar-refractivity contribution is 6.21. The second kappa shape index (κ2) is 9.62. The third-order valence-corrected chi connectivity index (χ3v) is 6.94. The highest BCUT2D eigenvalue weighted by Gasteiger charge is 2.52. The maximum atomic E-state index is 13.7. The second-order valence-electron chi connectivity index (χ2n) is 8.84. The molecule has 3 aromatic rings. The normalized spacial score (nSPS) is 18.3. The number of methoxy groups -OCH3 is 4. The van der Waals surface area contributed by atoms with E-state index >= 15 is 0 Å². The molecule has 3 aromatic carbocycles. The molecule has 1 N–H and O–H groups in total. The molecular weight excluding hydrogens is 492 g/mol. The number of fused-ring (bicyclic) bond motifs is 1. The first kappa shape index (κ1) is 24.9. The van der Waals surface area contributed by atoms with Crippen molar-refractivity contribution in [2.45, 2.75) is 6.04 Å². The molecule has 0 saturated carbocycles. The van der Waals surface area contributed by atoms with E-state index in [0.29, 0.717) is 39.6 Å². The summed E-state index contributed by atoms with van der Waals surface area (Å²) in [4.78, 5) is 42.4. The first-order valence-electron chi connectivity index (χ1n) is 11.8. The third kappa shape index (κ3) is 3.76. The van der Waals surface area contributed by atoms with Gasteiger partial charge in [0.05, 0.1) is 57.2 Å². The first-order chi connectivity index (χ1) is 18.3. The maximum Gasteiger partial charge on any atom is 0.261 e. The summed E-state index contributed by atoms with van der Waals surface area (Å²) < 4.78 is 21.5. The zero-order chi connectivity index (χ0) is 27.1. The molecule has 2 heterocycles. The zero-order valence-corrected chi connectivity index (χ0v) is 21.3. The summed E-state index contributed by atoms with van der Waals surface area (Å²) in [6.07, 6.45) is 0. The largest absolute Gasteiger partial charge is 0.504 e. The molecule has 2 atom stereocenters. The fourth-order valence-corrected chi connectivity index (χ4v) is 5.09. The fourth-order valence-electron chi connectivity index (χ4n) is 5.09. The Balaban J connectivity index is 1.56. The lowest BCUT2D eigenvalue weighted by Gasteiger charge is -2.48. The van der Waals surface area contributed by atoms with Crippen molar-refractivity contribution in [1.29, 1.82) is 0 Å². The SMILES string of the molecule is COc1ccc([C@H]2[C@H](CN3C(=O)c4ccccc4C3=O)C(=O)N2c2cc(OC)c(OC)c(OC)c2)cc1O. The van der Waals surface area contributed by atoms with Gasteiger partial charge >= 0.3 is 0 Å². The number of nitrogens with zero attached hydrogens (tertiary/aromatic N) is 2. The number of rotatable bonds is 8. The predicted octanol–water partition coefficient (Wildman–Crippen LogP) is 3.43. The van der Waals surface area contributed by atoms with Crippen LogP contribution in [0.3, 0.4) is 0 Å². The van der Waals surface area contributed by atoms with Crippen LogP contribution in [-0.2, 0) is 4.79 Å². The molecule has 38 heavy (non-hydrogen) atoms. The molecule has 0 aliphatic carbocycles. The van der Waals surface area contributed by atoms with Gasteiger partial charge in [-0.05, 0) is 29.8 Å². The van der Waals surface area contributed by atoms with E-state index in [0.717, 1.165) is 4.90 Å². The second-order valence-corrected chi connectivity index (χ2v) is 8.84. The van der Waals surface area contributed by atoms with Crippen LogP contribution in [0.4, 0.5) is 5.69 Å². The molecular formula is C28H26N2O8. The van der Waals surface area contributed by atoms with Crippen LogP contribution in [0.2, 0.25) is 0 Å². The minimum atomic E-state index is -0.760. The number of aromatic hydroxyl groups is 1. The number of benzene rings is 3. The van der Waals surface area contributed by atoms with Crippen molar-refractivity contribution in [3.63, 3.8) is 0 Å². The highest BCUT2D eigenvalue weighted by Crippen LogP contribution is 2.49. The number of carbonyl (C=O) groups is 3. The summed E-state index contributed by atoms with van der Waals surface area (Å²) in [6, 6.07) is 14.1. The van der Waals surface area contributed by atoms with Crippen molar-refractivity contribution in [1.82, 2.24) is 4.90 Å². The Morgan fingerprint density at radius 1 is 0.763 bits per heavy atom. The minimum absolute atomic E-state index is 0.103. The van der Waals surface area contributed by atoms with Crippen LogP contribution in [0.25, 0.3) is 0 Å². The van der Waals surface area contributed by atoms with Crippen molar-refractivity contribution in [3.05, 3.63) is 71.3 Å². The summed E-state index contributed by atoms with van der Waals surface area (Å²) in [6.45, 7) is -0.121. The average molecular weight is 519 g/mol. The summed E-state index contributed by atoms with van der Waals surface area (Å²) in [7, 11) is 5.87. The number of β-lactam (4-membered cyclic amide) rings is 1. The number of carbonyl (C=O) groups excluding carboxylic acids is 3. The van der Waals surface area contributed by atoms with Crippen molar-refractivity contribution in [2.75, 3.05) is 39.9 Å². The van der Waals surface area contributed by atoms with Crippen molar-refractivity contribution >= 4 is 23.4 Å². The molecule has 10 heteroatoms. The number of imide groups is 1. The number of phenolic OH excluding ortho intramolecular Hbond substituents is 1. The molecule has 2 aliphatic heterocycles. The van der Waals surface area contributed by atoms with Crippen LogP contribution in [0.5, 0.6) is 28.7 Å². The van der Waals surface area contributed by atoms with E-state index in [2.05, 4.69) is 0 Å². The zero-order valence-electron chi connectivity index (χ0n) is 21.3. The van der Waals surface area contributed by atoms with E-state index < -0.39 is 23.8 Å². The number of amides is 3. The molecule has 1 saturated heterocycles. The lowest BCUT2D eigenvalue weighted by Crippen LogP contribution is -2.59. The molecule has 10 nitrogen and oxygen atoms in total. The number of hydrogen-bond acceptors (Lipinski definition) is 8.